The van der Waals surface area contributed by atoms with Crippen molar-refractivity contribution in [2.75, 3.05) is 5.75 Å². The molecule has 2 rings (SSSR count). The number of rotatable bonds is 7. The summed E-state index contributed by atoms with van der Waals surface area (Å²) >= 11 is 1.40. The minimum atomic E-state index is -1.08. The molecule has 0 unspecified atom stereocenters. The molecule has 1 aromatic rings. The van der Waals surface area contributed by atoms with Gasteiger partial charge in [-0.15, -0.1) is 5.06 Å². The minimum Gasteiger partial charge on any atom is -0.444 e. The molecule has 152 valence electrons. The van der Waals surface area contributed by atoms with E-state index in [1.54, 1.807) is 20.8 Å². The van der Waals surface area contributed by atoms with E-state index in [0.29, 0.717) is 10.8 Å². The van der Waals surface area contributed by atoms with Gasteiger partial charge in [-0.1, -0.05) is 30.3 Å². The van der Waals surface area contributed by atoms with Crippen LogP contribution in [0.4, 0.5) is 4.79 Å². The van der Waals surface area contributed by atoms with Crippen LogP contribution in [0.1, 0.15) is 39.2 Å². The molecule has 1 fully saturated rings. The molecule has 1 N–H and O–H groups in total. The Kier molecular flexibility index (Phi) is 7.45. The van der Waals surface area contributed by atoms with Gasteiger partial charge in [-0.25, -0.2) is 9.59 Å². The van der Waals surface area contributed by atoms with Gasteiger partial charge >= 0.3 is 12.1 Å². The van der Waals surface area contributed by atoms with Gasteiger partial charge in [0.1, 0.15) is 11.6 Å². The molecule has 1 aliphatic heterocycles. The first-order chi connectivity index (χ1) is 13.2. The lowest BCUT2D eigenvalue weighted by molar-refractivity contribution is -0.198. The first kappa shape index (κ1) is 21.7. The van der Waals surface area contributed by atoms with Gasteiger partial charge in [-0.05, 0) is 26.3 Å². The Bertz CT molecular complexity index is 716. The summed E-state index contributed by atoms with van der Waals surface area (Å²) in [7, 11) is 0. The number of carbonyl (C=O) groups is 4. The molecule has 8 nitrogen and oxygen atoms in total. The molecule has 0 radical (unpaired) electrons. The number of alkyl carbamates (subject to hydrolysis) is 1. The van der Waals surface area contributed by atoms with Gasteiger partial charge in [0.25, 0.3) is 11.8 Å². The third-order valence-electron chi connectivity index (χ3n) is 3.56. The van der Waals surface area contributed by atoms with Crippen molar-refractivity contribution in [3.63, 3.8) is 0 Å². The van der Waals surface area contributed by atoms with Crippen molar-refractivity contribution in [3.05, 3.63) is 35.9 Å². The molecule has 1 atom stereocenters. The van der Waals surface area contributed by atoms with Crippen LogP contribution in [0.5, 0.6) is 0 Å². The monoisotopic (exact) mass is 408 g/mol. The molecule has 0 aliphatic carbocycles. The van der Waals surface area contributed by atoms with E-state index in [0.717, 1.165) is 5.56 Å². The first-order valence-electron chi connectivity index (χ1n) is 8.84. The number of nitrogens with one attached hydrogen (secondary N) is 1. The quantitative estimate of drug-likeness (QED) is 0.691. The highest BCUT2D eigenvalue weighted by atomic mass is 32.2. The summed E-state index contributed by atoms with van der Waals surface area (Å²) < 4.78 is 5.18. The fraction of sp³-hybridized carbons (Fsp3) is 0.474. The Morgan fingerprint density at radius 3 is 2.32 bits per heavy atom. The van der Waals surface area contributed by atoms with Crippen LogP contribution in [0.3, 0.4) is 0 Å². The molecule has 9 heteroatoms. The molecule has 28 heavy (non-hydrogen) atoms. The van der Waals surface area contributed by atoms with E-state index in [9.17, 15) is 19.2 Å². The predicted molar refractivity (Wildman–Crippen MR) is 103 cm³/mol. The fourth-order valence-corrected chi connectivity index (χ4v) is 3.30. The number of amides is 3. The van der Waals surface area contributed by atoms with Crippen LogP contribution in [0.2, 0.25) is 0 Å². The number of hydrogen-bond donors (Lipinski definition) is 1. The van der Waals surface area contributed by atoms with E-state index in [2.05, 4.69) is 5.32 Å². The number of thioether (sulfide) groups is 1. The van der Waals surface area contributed by atoms with Crippen LogP contribution in [-0.4, -0.2) is 46.3 Å². The number of imide groups is 1. The lowest BCUT2D eigenvalue weighted by Crippen LogP contribution is -2.48. The van der Waals surface area contributed by atoms with Crippen LogP contribution in [0, 0.1) is 0 Å². The Hall–Kier alpha value is -2.55. The summed E-state index contributed by atoms with van der Waals surface area (Å²) in [6.07, 6.45) is -0.785. The molecule has 0 spiro atoms. The largest absolute Gasteiger partial charge is 0.444 e. The van der Waals surface area contributed by atoms with E-state index in [1.807, 2.05) is 30.3 Å². The van der Waals surface area contributed by atoms with Crippen LogP contribution in [-0.2, 0) is 29.7 Å². The molecule has 0 saturated carbocycles. The standard InChI is InChI=1S/C19H24N2O6S/c1-19(2,3)26-18(25)20-14(12-28-11-13-7-5-4-6-8-13)17(24)27-21-15(22)9-10-16(21)23/h4-8,14H,9-12H2,1-3H3,(H,20,25)/t14-/m1/s1. The van der Waals surface area contributed by atoms with Crippen molar-refractivity contribution >= 4 is 35.6 Å². The van der Waals surface area contributed by atoms with Crippen molar-refractivity contribution in [2.24, 2.45) is 0 Å². The van der Waals surface area contributed by atoms with E-state index in [1.165, 1.54) is 11.8 Å². The van der Waals surface area contributed by atoms with Gasteiger partial charge in [0, 0.05) is 24.3 Å². The molecular weight excluding hydrogens is 384 g/mol. The smallest absolute Gasteiger partial charge is 0.408 e. The summed E-state index contributed by atoms with van der Waals surface area (Å²) in [5.41, 5.74) is 0.318. The first-order valence-corrected chi connectivity index (χ1v) is 10.00. The Labute approximate surface area is 167 Å². The van der Waals surface area contributed by atoms with Crippen LogP contribution >= 0.6 is 11.8 Å². The summed E-state index contributed by atoms with van der Waals surface area (Å²) in [6, 6.07) is 8.54. The summed E-state index contributed by atoms with van der Waals surface area (Å²) in [4.78, 5) is 52.8. The number of nitrogens with zero attached hydrogens (tertiary/aromatic N) is 1. The number of ether oxygens (including phenoxy) is 1. The van der Waals surface area contributed by atoms with E-state index in [4.69, 9.17) is 9.57 Å². The maximum absolute atomic E-state index is 12.5. The average molecular weight is 408 g/mol. The van der Waals surface area contributed by atoms with Crippen molar-refractivity contribution < 1.29 is 28.8 Å². The zero-order chi connectivity index (χ0) is 20.7. The Balaban J connectivity index is 1.99. The van der Waals surface area contributed by atoms with E-state index in [-0.39, 0.29) is 18.6 Å². The molecule has 1 aliphatic rings. The normalized spacial score (nSPS) is 15.3. The molecule has 0 aromatic heterocycles. The second-order valence-corrected chi connectivity index (χ2v) is 8.22. The molecule has 3 amide bonds. The lowest BCUT2D eigenvalue weighted by atomic mass is 10.2. The number of hydrogen-bond acceptors (Lipinski definition) is 7. The molecule has 0 bridgehead atoms. The molecule has 1 saturated heterocycles. The zero-order valence-corrected chi connectivity index (χ0v) is 16.9. The van der Waals surface area contributed by atoms with Crippen LogP contribution < -0.4 is 5.32 Å². The van der Waals surface area contributed by atoms with Gasteiger partial charge in [0.05, 0.1) is 0 Å². The lowest BCUT2D eigenvalue weighted by Gasteiger charge is -2.23. The molecule has 1 heterocycles. The second-order valence-electron chi connectivity index (χ2n) is 7.19. The summed E-state index contributed by atoms with van der Waals surface area (Å²) in [5, 5.41) is 2.92. The predicted octanol–water partition coefficient (Wildman–Crippen LogP) is 2.42. The van der Waals surface area contributed by atoms with Crippen molar-refractivity contribution in [1.82, 2.24) is 10.4 Å². The van der Waals surface area contributed by atoms with Gasteiger partial charge in [0.15, 0.2) is 0 Å². The zero-order valence-electron chi connectivity index (χ0n) is 16.1. The number of hydroxylamine groups is 2. The SMILES string of the molecule is CC(C)(C)OC(=O)N[C@H](CSCc1ccccc1)C(=O)ON1C(=O)CCC1=O. The topological polar surface area (TPSA) is 102 Å². The highest BCUT2D eigenvalue weighted by molar-refractivity contribution is 7.98. The van der Waals surface area contributed by atoms with Crippen LogP contribution in [0.15, 0.2) is 30.3 Å². The summed E-state index contributed by atoms with van der Waals surface area (Å²) in [5.74, 6) is -1.25. The molecule has 1 aromatic carbocycles. The average Bonchev–Trinajstić information content (AvgIpc) is 2.92. The maximum Gasteiger partial charge on any atom is 0.408 e. The maximum atomic E-state index is 12.5. The third kappa shape index (κ3) is 6.88. The van der Waals surface area contributed by atoms with E-state index < -0.39 is 35.5 Å². The fourth-order valence-electron chi connectivity index (χ4n) is 2.30. The highest BCUT2D eigenvalue weighted by Crippen LogP contribution is 2.17. The van der Waals surface area contributed by atoms with Gasteiger partial charge < -0.3 is 14.9 Å². The Morgan fingerprint density at radius 2 is 1.75 bits per heavy atom. The third-order valence-corrected chi connectivity index (χ3v) is 4.67. The minimum absolute atomic E-state index is 0.000961. The number of benzene rings is 1. The van der Waals surface area contributed by atoms with Gasteiger partial charge in [-0.3, -0.25) is 9.59 Å². The van der Waals surface area contributed by atoms with Crippen molar-refractivity contribution in [3.8, 4) is 0 Å². The van der Waals surface area contributed by atoms with Crippen molar-refractivity contribution in [2.45, 2.75) is 51.0 Å². The van der Waals surface area contributed by atoms with E-state index >= 15 is 0 Å². The Morgan fingerprint density at radius 1 is 1.14 bits per heavy atom. The second kappa shape index (κ2) is 9.59. The van der Waals surface area contributed by atoms with Gasteiger partial charge in [-0.2, -0.15) is 11.8 Å². The molecular formula is C19H24N2O6S. The van der Waals surface area contributed by atoms with Gasteiger partial charge in [0.2, 0.25) is 0 Å². The summed E-state index contributed by atoms with van der Waals surface area (Å²) in [6.45, 7) is 5.10. The van der Waals surface area contributed by atoms with Crippen LogP contribution in [0.25, 0.3) is 0 Å². The number of carbonyl (C=O) groups excluding carboxylic acids is 4. The van der Waals surface area contributed by atoms with Crippen molar-refractivity contribution in [1.29, 1.82) is 0 Å². The highest BCUT2D eigenvalue weighted by Gasteiger charge is 2.35.